The van der Waals surface area contributed by atoms with E-state index < -0.39 is 24.2 Å². The molecule has 0 spiro atoms. The van der Waals surface area contributed by atoms with Crippen LogP contribution in [0.25, 0.3) is 11.1 Å². The van der Waals surface area contributed by atoms with Gasteiger partial charge in [0.25, 0.3) is 0 Å². The van der Waals surface area contributed by atoms with E-state index in [2.05, 4.69) is 22.4 Å². The molecule has 31 heavy (non-hydrogen) atoms. The number of halogens is 1. The highest BCUT2D eigenvalue weighted by atomic mass is 19.1. The van der Waals surface area contributed by atoms with Crippen LogP contribution in [0.1, 0.15) is 35.3 Å². The van der Waals surface area contributed by atoms with Gasteiger partial charge in [0.2, 0.25) is 5.95 Å². The summed E-state index contributed by atoms with van der Waals surface area (Å²) in [5, 5.41) is 22.8. The van der Waals surface area contributed by atoms with Crippen LogP contribution in [0.5, 0.6) is 0 Å². The molecule has 3 N–H and O–H groups in total. The summed E-state index contributed by atoms with van der Waals surface area (Å²) in [4.78, 5) is 15.7. The number of aliphatic hydroxyl groups is 2. The van der Waals surface area contributed by atoms with Crippen molar-refractivity contribution in [1.29, 1.82) is 0 Å². The van der Waals surface area contributed by atoms with Gasteiger partial charge in [-0.2, -0.15) is 4.39 Å². The highest BCUT2D eigenvalue weighted by molar-refractivity contribution is 5.79. The van der Waals surface area contributed by atoms with Crippen LogP contribution in [-0.2, 0) is 4.74 Å². The molecule has 7 heteroatoms. The summed E-state index contributed by atoms with van der Waals surface area (Å²) in [6.07, 6.45) is -3.10. The lowest BCUT2D eigenvalue weighted by Crippen LogP contribution is -2.31. The number of nitrogens with zero attached hydrogens (tertiary/aromatic N) is 1. The first-order chi connectivity index (χ1) is 15.0. The van der Waals surface area contributed by atoms with E-state index in [9.17, 15) is 19.4 Å². The highest BCUT2D eigenvalue weighted by Crippen LogP contribution is 2.44. The summed E-state index contributed by atoms with van der Waals surface area (Å²) >= 11 is 0. The van der Waals surface area contributed by atoms with E-state index >= 15 is 0 Å². The molecule has 3 aromatic rings. The van der Waals surface area contributed by atoms with E-state index in [0.717, 1.165) is 28.3 Å². The Morgan fingerprint density at radius 1 is 1.00 bits per heavy atom. The summed E-state index contributed by atoms with van der Waals surface area (Å²) in [6, 6.07) is 20.1. The van der Waals surface area contributed by atoms with Crippen molar-refractivity contribution in [2.75, 3.05) is 13.2 Å². The fraction of sp³-hybridized carbons (Fsp3) is 0.250. The number of hydrogen-bond acceptors (Lipinski definition) is 5. The lowest BCUT2D eigenvalue weighted by molar-refractivity contribution is 0.0108. The van der Waals surface area contributed by atoms with Crippen molar-refractivity contribution in [3.05, 3.63) is 89.5 Å². The topological polar surface area (TPSA) is 91.7 Å². The molecule has 4 rings (SSSR count). The van der Waals surface area contributed by atoms with Crippen molar-refractivity contribution in [1.82, 2.24) is 10.3 Å². The predicted octanol–water partition coefficient (Wildman–Crippen LogP) is 3.54. The van der Waals surface area contributed by atoms with Gasteiger partial charge in [-0.3, -0.25) is 0 Å². The van der Waals surface area contributed by atoms with Crippen LogP contribution in [0.4, 0.5) is 9.18 Å². The van der Waals surface area contributed by atoms with E-state index in [1.54, 1.807) is 0 Å². The number of benzene rings is 2. The third-order valence-electron chi connectivity index (χ3n) is 5.46. The smallest absolute Gasteiger partial charge is 0.407 e. The molecule has 2 atom stereocenters. The van der Waals surface area contributed by atoms with Crippen molar-refractivity contribution >= 4 is 6.09 Å². The molecule has 1 aliphatic carbocycles. The largest absolute Gasteiger partial charge is 0.449 e. The minimum atomic E-state index is -1.35. The van der Waals surface area contributed by atoms with E-state index in [1.165, 1.54) is 12.1 Å². The maximum absolute atomic E-state index is 13.2. The minimum Gasteiger partial charge on any atom is -0.449 e. The first kappa shape index (κ1) is 21.0. The number of pyridine rings is 1. The van der Waals surface area contributed by atoms with Crippen molar-refractivity contribution in [2.24, 2.45) is 0 Å². The van der Waals surface area contributed by atoms with E-state index in [4.69, 9.17) is 4.74 Å². The van der Waals surface area contributed by atoms with Gasteiger partial charge in [0.15, 0.2) is 0 Å². The van der Waals surface area contributed by atoms with Gasteiger partial charge in [0.1, 0.15) is 12.7 Å². The number of alkyl carbamates (subject to hydrolysis) is 1. The highest BCUT2D eigenvalue weighted by Gasteiger charge is 2.29. The second-order valence-corrected chi connectivity index (χ2v) is 7.44. The number of carbonyl (C=O) groups is 1. The average Bonchev–Trinajstić information content (AvgIpc) is 3.11. The summed E-state index contributed by atoms with van der Waals surface area (Å²) in [5.41, 5.74) is 4.58. The Hall–Kier alpha value is -3.29. The molecule has 0 aliphatic heterocycles. The molecule has 1 aromatic heterocycles. The SMILES string of the molecule is O=C(NCCC(O)C(O)c1cccc(F)n1)OCC1c2ccccc2-c2ccccc21. The molecule has 1 heterocycles. The van der Waals surface area contributed by atoms with Gasteiger partial charge >= 0.3 is 6.09 Å². The molecular weight excluding hydrogens is 399 g/mol. The number of aliphatic hydroxyl groups excluding tert-OH is 2. The monoisotopic (exact) mass is 422 g/mol. The second kappa shape index (κ2) is 9.24. The number of nitrogens with one attached hydrogen (secondary N) is 1. The molecule has 0 bridgehead atoms. The second-order valence-electron chi connectivity index (χ2n) is 7.44. The van der Waals surface area contributed by atoms with Gasteiger partial charge in [-0.05, 0) is 40.8 Å². The van der Waals surface area contributed by atoms with Crippen molar-refractivity contribution < 1.29 is 24.1 Å². The van der Waals surface area contributed by atoms with Gasteiger partial charge in [-0.1, -0.05) is 54.6 Å². The number of rotatable bonds is 7. The van der Waals surface area contributed by atoms with Crippen molar-refractivity contribution in [3.63, 3.8) is 0 Å². The lowest BCUT2D eigenvalue weighted by atomic mass is 9.98. The van der Waals surface area contributed by atoms with Crippen LogP contribution < -0.4 is 5.32 Å². The molecule has 0 saturated heterocycles. The molecule has 160 valence electrons. The number of carbonyl (C=O) groups excluding carboxylic acids is 1. The Kier molecular flexibility index (Phi) is 6.25. The maximum Gasteiger partial charge on any atom is 0.407 e. The number of fused-ring (bicyclic) bond motifs is 3. The zero-order chi connectivity index (χ0) is 21.8. The summed E-state index contributed by atoms with van der Waals surface area (Å²) in [6.45, 7) is 0.280. The van der Waals surface area contributed by atoms with Gasteiger partial charge < -0.3 is 20.3 Å². The number of hydrogen-bond donors (Lipinski definition) is 3. The zero-order valence-electron chi connectivity index (χ0n) is 16.7. The van der Waals surface area contributed by atoms with Crippen molar-refractivity contribution in [2.45, 2.75) is 24.5 Å². The van der Waals surface area contributed by atoms with Crippen LogP contribution in [-0.4, -0.2) is 40.5 Å². The molecule has 6 nitrogen and oxygen atoms in total. The fourth-order valence-corrected chi connectivity index (χ4v) is 3.92. The quantitative estimate of drug-likeness (QED) is 0.507. The third kappa shape index (κ3) is 4.57. The Balaban J connectivity index is 1.28. The standard InChI is InChI=1S/C24H23FN2O4/c25-22-11-5-10-20(27-22)23(29)21(28)12-13-26-24(30)31-14-19-17-8-3-1-6-15(17)16-7-2-4-9-18(16)19/h1-11,19,21,23,28-29H,12-14H2,(H,26,30). The van der Waals surface area contributed by atoms with E-state index in [-0.39, 0.29) is 31.2 Å². The lowest BCUT2D eigenvalue weighted by Gasteiger charge is -2.18. The molecule has 0 saturated carbocycles. The van der Waals surface area contributed by atoms with Gasteiger partial charge in [0, 0.05) is 12.5 Å². The Bertz CT molecular complexity index is 1030. The van der Waals surface area contributed by atoms with Crippen LogP contribution in [0.2, 0.25) is 0 Å². The van der Waals surface area contributed by atoms with Crippen LogP contribution in [0, 0.1) is 5.95 Å². The van der Waals surface area contributed by atoms with Gasteiger partial charge in [-0.25, -0.2) is 9.78 Å². The zero-order valence-corrected chi connectivity index (χ0v) is 16.7. The molecule has 2 unspecified atom stereocenters. The minimum absolute atomic E-state index is 0.0358. The van der Waals surface area contributed by atoms with E-state index in [1.807, 2.05) is 36.4 Å². The summed E-state index contributed by atoms with van der Waals surface area (Å²) < 4.78 is 18.6. The first-order valence-corrected chi connectivity index (χ1v) is 10.1. The fourth-order valence-electron chi connectivity index (χ4n) is 3.92. The number of aromatic nitrogens is 1. The molecule has 1 amide bonds. The molecule has 2 aromatic carbocycles. The normalized spacial score (nSPS) is 14.4. The van der Waals surface area contributed by atoms with Gasteiger partial charge in [-0.15, -0.1) is 0 Å². The van der Waals surface area contributed by atoms with Crippen LogP contribution in [0.15, 0.2) is 66.7 Å². The maximum atomic E-state index is 13.2. The number of ether oxygens (including phenoxy) is 1. The molecule has 0 radical (unpaired) electrons. The molecule has 0 fully saturated rings. The number of amides is 1. The predicted molar refractivity (Wildman–Crippen MR) is 113 cm³/mol. The van der Waals surface area contributed by atoms with Crippen molar-refractivity contribution in [3.8, 4) is 11.1 Å². The molecule has 1 aliphatic rings. The van der Waals surface area contributed by atoms with Gasteiger partial charge in [0.05, 0.1) is 11.8 Å². The van der Waals surface area contributed by atoms with Crippen LogP contribution >= 0.6 is 0 Å². The molecular formula is C24H23FN2O4. The first-order valence-electron chi connectivity index (χ1n) is 10.1. The summed E-state index contributed by atoms with van der Waals surface area (Å²) in [5.74, 6) is -0.773. The Morgan fingerprint density at radius 2 is 1.65 bits per heavy atom. The Labute approximate surface area is 179 Å². The average molecular weight is 422 g/mol. The third-order valence-corrected chi connectivity index (χ3v) is 5.46. The van der Waals surface area contributed by atoms with E-state index in [0.29, 0.717) is 0 Å². The Morgan fingerprint density at radius 3 is 2.29 bits per heavy atom. The summed E-state index contributed by atoms with van der Waals surface area (Å²) in [7, 11) is 0. The van der Waals surface area contributed by atoms with Crippen LogP contribution in [0.3, 0.4) is 0 Å².